The van der Waals surface area contributed by atoms with Gasteiger partial charge in [0.05, 0.1) is 10.5 Å². The Kier molecular flexibility index (Phi) is 3.93. The Hall–Kier alpha value is -2.05. The minimum absolute atomic E-state index is 1.00. The molecule has 1 saturated heterocycles. The van der Waals surface area contributed by atoms with Crippen LogP contribution < -0.4 is 4.90 Å². The van der Waals surface area contributed by atoms with E-state index in [4.69, 9.17) is 0 Å². The molecule has 0 atom stereocenters. The second-order valence-corrected chi connectivity index (χ2v) is 7.19. The van der Waals surface area contributed by atoms with Gasteiger partial charge in [-0.05, 0) is 25.1 Å². The van der Waals surface area contributed by atoms with Gasteiger partial charge >= 0.3 is 0 Å². The second kappa shape index (κ2) is 6.22. The second-order valence-electron chi connectivity index (χ2n) is 5.87. The lowest BCUT2D eigenvalue weighted by Gasteiger charge is -2.36. The van der Waals surface area contributed by atoms with Crippen molar-refractivity contribution in [1.29, 1.82) is 0 Å². The average Bonchev–Trinajstić information content (AvgIpc) is 3.00. The zero-order valence-electron chi connectivity index (χ0n) is 13.1. The number of anilines is 1. The van der Waals surface area contributed by atoms with E-state index in [1.54, 1.807) is 17.7 Å². The summed E-state index contributed by atoms with van der Waals surface area (Å²) in [4.78, 5) is 19.1. The van der Waals surface area contributed by atoms with Crippen molar-refractivity contribution in [3.63, 3.8) is 0 Å². The van der Waals surface area contributed by atoms with Crippen LogP contribution in [0.2, 0.25) is 0 Å². The van der Waals surface area contributed by atoms with E-state index in [9.17, 15) is 0 Å². The van der Waals surface area contributed by atoms with E-state index < -0.39 is 0 Å². The van der Waals surface area contributed by atoms with Gasteiger partial charge in [-0.2, -0.15) is 0 Å². The molecule has 1 aliphatic rings. The van der Waals surface area contributed by atoms with Crippen molar-refractivity contribution in [3.8, 4) is 0 Å². The molecule has 3 heterocycles. The Bertz CT molecular complexity index is 807. The average molecular weight is 325 g/mol. The molecule has 0 spiro atoms. The number of rotatable bonds is 3. The maximum Gasteiger partial charge on any atom is 0.116 e. The monoisotopic (exact) mass is 325 g/mol. The van der Waals surface area contributed by atoms with Gasteiger partial charge in [0, 0.05) is 61.1 Å². The summed E-state index contributed by atoms with van der Waals surface area (Å²) in [5.41, 5.74) is 2.27. The minimum Gasteiger partial charge on any atom is -0.369 e. The number of aromatic nitrogens is 3. The quantitative estimate of drug-likeness (QED) is 0.741. The number of hydrogen-bond acceptors (Lipinski definition) is 6. The summed E-state index contributed by atoms with van der Waals surface area (Å²) < 4.78 is 0. The first-order chi connectivity index (χ1) is 11.3. The molecule has 2 aromatic heterocycles. The standard InChI is InChI=1S/C17H19N5S/c1-13-19-10-16(23-13)11-21-4-6-22(7-5-21)15-2-3-17-14(8-15)9-18-12-20-17/h2-3,8-10,12H,4-7,11H2,1H3. The topological polar surface area (TPSA) is 45.2 Å². The maximum absolute atomic E-state index is 4.34. The van der Waals surface area contributed by atoms with Gasteiger partial charge in [-0.3, -0.25) is 4.90 Å². The Morgan fingerprint density at radius 3 is 2.74 bits per heavy atom. The van der Waals surface area contributed by atoms with Crippen molar-refractivity contribution < 1.29 is 0 Å². The van der Waals surface area contributed by atoms with Crippen LogP contribution in [0.4, 0.5) is 5.69 Å². The first kappa shape index (κ1) is 14.5. The summed E-state index contributed by atoms with van der Waals surface area (Å²) in [5, 5.41) is 2.25. The third kappa shape index (κ3) is 3.18. The van der Waals surface area contributed by atoms with E-state index in [2.05, 4.69) is 49.9 Å². The molecule has 23 heavy (non-hydrogen) atoms. The summed E-state index contributed by atoms with van der Waals surface area (Å²) in [7, 11) is 0. The number of nitrogens with zero attached hydrogens (tertiary/aromatic N) is 5. The van der Waals surface area contributed by atoms with Crippen molar-refractivity contribution in [2.45, 2.75) is 13.5 Å². The van der Waals surface area contributed by atoms with E-state index in [0.29, 0.717) is 0 Å². The third-order valence-electron chi connectivity index (χ3n) is 4.27. The van der Waals surface area contributed by atoms with E-state index in [1.807, 2.05) is 12.4 Å². The Morgan fingerprint density at radius 1 is 1.09 bits per heavy atom. The third-order valence-corrected chi connectivity index (χ3v) is 5.17. The van der Waals surface area contributed by atoms with E-state index in [1.165, 1.54) is 10.6 Å². The molecular formula is C17H19N5S. The van der Waals surface area contributed by atoms with Crippen LogP contribution in [0.15, 0.2) is 36.9 Å². The molecule has 0 radical (unpaired) electrons. The first-order valence-electron chi connectivity index (χ1n) is 7.86. The zero-order chi connectivity index (χ0) is 15.6. The van der Waals surface area contributed by atoms with Crippen LogP contribution in [0.1, 0.15) is 9.88 Å². The summed E-state index contributed by atoms with van der Waals surface area (Å²) in [6.45, 7) is 7.36. The highest BCUT2D eigenvalue weighted by Gasteiger charge is 2.18. The molecular weight excluding hydrogens is 306 g/mol. The van der Waals surface area contributed by atoms with E-state index in [-0.39, 0.29) is 0 Å². The normalized spacial score (nSPS) is 16.1. The molecule has 1 fully saturated rings. The Balaban J connectivity index is 1.42. The van der Waals surface area contributed by atoms with Crippen molar-refractivity contribution in [2.75, 3.05) is 31.1 Å². The van der Waals surface area contributed by atoms with Crippen LogP contribution in [0.3, 0.4) is 0 Å². The van der Waals surface area contributed by atoms with Gasteiger partial charge in [0.25, 0.3) is 0 Å². The lowest BCUT2D eigenvalue weighted by Crippen LogP contribution is -2.45. The smallest absolute Gasteiger partial charge is 0.116 e. The van der Waals surface area contributed by atoms with Crippen LogP contribution in [0.25, 0.3) is 10.9 Å². The van der Waals surface area contributed by atoms with Crippen molar-refractivity contribution in [2.24, 2.45) is 0 Å². The Labute approximate surface area is 139 Å². The number of aryl methyl sites for hydroxylation is 1. The van der Waals surface area contributed by atoms with Crippen LogP contribution in [0.5, 0.6) is 0 Å². The largest absolute Gasteiger partial charge is 0.369 e. The Morgan fingerprint density at radius 2 is 1.96 bits per heavy atom. The fraction of sp³-hybridized carbons (Fsp3) is 0.353. The van der Waals surface area contributed by atoms with Crippen LogP contribution in [0, 0.1) is 6.92 Å². The number of benzene rings is 1. The summed E-state index contributed by atoms with van der Waals surface area (Å²) in [6, 6.07) is 6.44. The lowest BCUT2D eigenvalue weighted by molar-refractivity contribution is 0.252. The highest BCUT2D eigenvalue weighted by Crippen LogP contribution is 2.22. The lowest BCUT2D eigenvalue weighted by atomic mass is 10.2. The molecule has 0 unspecified atom stereocenters. The van der Waals surface area contributed by atoms with Crippen LogP contribution >= 0.6 is 11.3 Å². The molecule has 3 aromatic rings. The molecule has 0 N–H and O–H groups in total. The van der Waals surface area contributed by atoms with Crippen molar-refractivity contribution in [3.05, 3.63) is 46.8 Å². The molecule has 4 rings (SSSR count). The van der Waals surface area contributed by atoms with Crippen LogP contribution in [-0.4, -0.2) is 46.0 Å². The fourth-order valence-electron chi connectivity index (χ4n) is 3.03. The van der Waals surface area contributed by atoms with E-state index >= 15 is 0 Å². The highest BCUT2D eigenvalue weighted by molar-refractivity contribution is 7.11. The van der Waals surface area contributed by atoms with Gasteiger partial charge < -0.3 is 4.90 Å². The predicted octanol–water partition coefficient (Wildman–Crippen LogP) is 2.72. The minimum atomic E-state index is 1.00. The predicted molar refractivity (Wildman–Crippen MR) is 93.9 cm³/mol. The van der Waals surface area contributed by atoms with Gasteiger partial charge in [0.2, 0.25) is 0 Å². The zero-order valence-corrected chi connectivity index (χ0v) is 14.0. The summed E-state index contributed by atoms with van der Waals surface area (Å²) in [6.07, 6.45) is 5.49. The SMILES string of the molecule is Cc1ncc(CN2CCN(c3ccc4ncncc4c3)CC2)s1. The number of piperazine rings is 1. The van der Waals surface area contributed by atoms with Gasteiger partial charge in [-0.25, -0.2) is 15.0 Å². The van der Waals surface area contributed by atoms with Crippen LogP contribution in [-0.2, 0) is 6.54 Å². The van der Waals surface area contributed by atoms with Crippen molar-refractivity contribution >= 4 is 27.9 Å². The molecule has 0 bridgehead atoms. The van der Waals surface area contributed by atoms with Crippen molar-refractivity contribution in [1.82, 2.24) is 19.9 Å². The molecule has 1 aromatic carbocycles. The molecule has 0 aliphatic carbocycles. The van der Waals surface area contributed by atoms with Gasteiger partial charge in [0.1, 0.15) is 6.33 Å². The van der Waals surface area contributed by atoms with E-state index in [0.717, 1.165) is 48.6 Å². The van der Waals surface area contributed by atoms with Gasteiger partial charge in [-0.1, -0.05) is 0 Å². The van der Waals surface area contributed by atoms with Gasteiger partial charge in [-0.15, -0.1) is 11.3 Å². The number of hydrogen-bond donors (Lipinski definition) is 0. The number of thiazole rings is 1. The summed E-state index contributed by atoms with van der Waals surface area (Å²) in [5.74, 6) is 0. The molecule has 5 nitrogen and oxygen atoms in total. The first-order valence-corrected chi connectivity index (χ1v) is 8.68. The highest BCUT2D eigenvalue weighted by atomic mass is 32.1. The molecule has 1 aliphatic heterocycles. The number of fused-ring (bicyclic) bond motifs is 1. The molecule has 118 valence electrons. The maximum atomic E-state index is 4.34. The molecule has 0 amide bonds. The summed E-state index contributed by atoms with van der Waals surface area (Å²) >= 11 is 1.80. The van der Waals surface area contributed by atoms with Gasteiger partial charge in [0.15, 0.2) is 0 Å². The molecule has 6 heteroatoms. The molecule has 0 saturated carbocycles. The fourth-order valence-corrected chi connectivity index (χ4v) is 3.87.